The Kier molecular flexibility index (Phi) is 21.4. The Morgan fingerprint density at radius 2 is 0.875 bits per heavy atom. The zero-order chi connectivity index (χ0) is 23.8. The summed E-state index contributed by atoms with van der Waals surface area (Å²) in [6.45, 7) is 17.9. The molecule has 0 saturated heterocycles. The molecule has 0 nitrogen and oxygen atoms in total. The molecule has 0 unspecified atom stereocenters. The van der Waals surface area contributed by atoms with E-state index in [-0.39, 0.29) is 28.6 Å². The molecule has 6 radical (unpaired) electrons. The van der Waals surface area contributed by atoms with Crippen LogP contribution in [-0.2, 0) is 20.8 Å². The third-order valence-corrected chi connectivity index (χ3v) is 3.52. The second-order valence-corrected chi connectivity index (χ2v) is 18.1. The summed E-state index contributed by atoms with van der Waals surface area (Å²) in [4.78, 5) is 0. The zero-order valence-corrected chi connectivity index (χ0v) is 27.7. The SMILES string of the molecule is C[Si](C)C.C[Si](C)C.Cc1cc2ccccc2[cH-]1.Cc1cc2ccccc2[cH-]1.[Cl][Zr+2][Cl].[Si]. The molecule has 0 N–H and O–H groups in total. The standard InChI is InChI=1S/2C10H9.2C3H9Si.2ClH.Si.Zr/c2*1-8-6-9-4-2-3-5-10(9)7-8;2*1-4(2)3;;;;/h2*2-7H,1H3;2*1-3H3;2*1H;;/q2*-1;;;;;;+4/p-2. The van der Waals surface area contributed by atoms with Gasteiger partial charge >= 0.3 is 37.9 Å². The van der Waals surface area contributed by atoms with Gasteiger partial charge in [-0.2, -0.15) is 12.1 Å². The maximum absolute atomic E-state index is 4.93. The van der Waals surface area contributed by atoms with Gasteiger partial charge in [-0.25, -0.2) is 0 Å². The summed E-state index contributed by atoms with van der Waals surface area (Å²) < 4.78 is 0. The van der Waals surface area contributed by atoms with Gasteiger partial charge in [0.1, 0.15) is 0 Å². The molecule has 6 heteroatoms. The van der Waals surface area contributed by atoms with E-state index in [4.69, 9.17) is 17.0 Å². The first-order valence-corrected chi connectivity index (χ1v) is 22.7. The first-order chi connectivity index (χ1) is 14.6. The van der Waals surface area contributed by atoms with Crippen LogP contribution in [0.4, 0.5) is 0 Å². The van der Waals surface area contributed by atoms with E-state index in [0.717, 1.165) is 0 Å². The van der Waals surface area contributed by atoms with Crippen molar-refractivity contribution in [1.82, 2.24) is 0 Å². The Hall–Kier alpha value is -0.226. The Labute approximate surface area is 223 Å². The third kappa shape index (κ3) is 17.3. The Balaban J connectivity index is 0. The van der Waals surface area contributed by atoms with E-state index in [9.17, 15) is 0 Å². The molecule has 0 aliphatic heterocycles. The summed E-state index contributed by atoms with van der Waals surface area (Å²) in [6.07, 6.45) is 0. The van der Waals surface area contributed by atoms with Crippen molar-refractivity contribution in [2.24, 2.45) is 0 Å². The fraction of sp³-hybridized carbons (Fsp3) is 0.308. The maximum Gasteiger partial charge on any atom is 0 e. The summed E-state index contributed by atoms with van der Waals surface area (Å²) >= 11 is -0.826. The topological polar surface area (TPSA) is 0 Å². The third-order valence-electron chi connectivity index (χ3n) is 3.52. The summed E-state index contributed by atoms with van der Waals surface area (Å²) in [6, 6.07) is 25.7. The van der Waals surface area contributed by atoms with Crippen LogP contribution in [0.15, 0.2) is 72.8 Å². The molecule has 4 aromatic carbocycles. The van der Waals surface area contributed by atoms with Crippen molar-refractivity contribution in [2.45, 2.75) is 53.1 Å². The molecule has 0 amide bonds. The van der Waals surface area contributed by atoms with Gasteiger partial charge in [0.05, 0.1) is 0 Å². The van der Waals surface area contributed by atoms with E-state index >= 15 is 0 Å². The zero-order valence-electron chi connectivity index (χ0n) is 20.7. The van der Waals surface area contributed by atoms with E-state index in [1.807, 2.05) is 0 Å². The number of hydrogen-bond acceptors (Lipinski definition) is 0. The largest absolute Gasteiger partial charge is 0 e. The molecule has 0 bridgehead atoms. The molecule has 0 aromatic heterocycles. The van der Waals surface area contributed by atoms with Gasteiger partial charge < -0.3 is 0 Å². The van der Waals surface area contributed by atoms with Crippen molar-refractivity contribution in [3.63, 3.8) is 0 Å². The minimum atomic E-state index is -0.826. The molecule has 0 spiro atoms. The van der Waals surface area contributed by atoms with Crippen molar-refractivity contribution in [3.8, 4) is 0 Å². The van der Waals surface area contributed by atoms with Crippen molar-refractivity contribution >= 4 is 67.1 Å². The molecule has 4 aromatic rings. The van der Waals surface area contributed by atoms with Gasteiger partial charge in [0.2, 0.25) is 0 Å². The molecular weight excluding hydrogens is 559 g/mol. The van der Waals surface area contributed by atoms with Gasteiger partial charge in [-0.05, 0) is 0 Å². The fourth-order valence-corrected chi connectivity index (χ4v) is 2.61. The predicted molar refractivity (Wildman–Crippen MR) is 153 cm³/mol. The first-order valence-electron chi connectivity index (χ1n) is 10.3. The summed E-state index contributed by atoms with van der Waals surface area (Å²) in [5.74, 6) is 0. The molecule has 0 heterocycles. The van der Waals surface area contributed by atoms with Gasteiger partial charge in [-0.1, -0.05) is 65.3 Å². The van der Waals surface area contributed by atoms with Gasteiger partial charge in [-0.15, -0.1) is 81.2 Å². The Morgan fingerprint density at radius 3 is 1.12 bits per heavy atom. The predicted octanol–water partition coefficient (Wildman–Crippen LogP) is 9.47. The molecule has 0 aliphatic rings. The number of fused-ring (bicyclic) bond motifs is 2. The van der Waals surface area contributed by atoms with Crippen molar-refractivity contribution in [1.29, 1.82) is 0 Å². The number of benzene rings is 2. The van der Waals surface area contributed by atoms with Gasteiger partial charge in [0.25, 0.3) is 0 Å². The number of hydrogen-bond donors (Lipinski definition) is 0. The van der Waals surface area contributed by atoms with Crippen LogP contribution < -0.4 is 0 Å². The van der Waals surface area contributed by atoms with Crippen molar-refractivity contribution in [3.05, 3.63) is 83.9 Å². The van der Waals surface area contributed by atoms with Gasteiger partial charge in [0, 0.05) is 28.6 Å². The molecule has 170 valence electrons. The average Bonchev–Trinajstić information content (AvgIpc) is 3.22. The second-order valence-electron chi connectivity index (χ2n) is 8.39. The number of rotatable bonds is 0. The van der Waals surface area contributed by atoms with Gasteiger partial charge in [0.15, 0.2) is 0 Å². The smallest absolute Gasteiger partial charge is 0 e. The summed E-state index contributed by atoms with van der Waals surface area (Å²) in [7, 11) is 10.1. The fourth-order valence-electron chi connectivity index (χ4n) is 2.61. The van der Waals surface area contributed by atoms with E-state index in [1.54, 1.807) is 0 Å². The van der Waals surface area contributed by atoms with Crippen LogP contribution >= 0.6 is 17.0 Å². The van der Waals surface area contributed by atoms with Gasteiger partial charge in [-0.3, -0.25) is 0 Å². The average molecular weight is 595 g/mol. The molecule has 0 aliphatic carbocycles. The monoisotopic (exact) mass is 592 g/mol. The first kappa shape index (κ1) is 33.9. The van der Waals surface area contributed by atoms with E-state index < -0.39 is 20.8 Å². The molecule has 0 fully saturated rings. The van der Waals surface area contributed by atoms with Crippen LogP contribution in [0.5, 0.6) is 0 Å². The maximum atomic E-state index is 4.93. The van der Waals surface area contributed by atoms with Crippen LogP contribution in [0.1, 0.15) is 11.1 Å². The second kappa shape index (κ2) is 20.2. The van der Waals surface area contributed by atoms with Crippen LogP contribution in [-0.4, -0.2) is 28.6 Å². The Morgan fingerprint density at radius 1 is 0.625 bits per heavy atom. The van der Waals surface area contributed by atoms with Crippen molar-refractivity contribution in [2.75, 3.05) is 0 Å². The molecule has 0 saturated carbocycles. The Bertz CT molecular complexity index is 812. The molecule has 32 heavy (non-hydrogen) atoms. The van der Waals surface area contributed by atoms with E-state index in [0.29, 0.717) is 0 Å². The van der Waals surface area contributed by atoms with E-state index in [2.05, 4.69) is 126 Å². The summed E-state index contributed by atoms with van der Waals surface area (Å²) in [5.41, 5.74) is 2.70. The molecule has 0 atom stereocenters. The van der Waals surface area contributed by atoms with E-state index in [1.165, 1.54) is 32.7 Å². The molecule has 4 rings (SSSR count). The quantitative estimate of drug-likeness (QED) is 0.140. The number of halogens is 2. The molecular formula is C26H36Cl2Si3Zr. The van der Waals surface area contributed by atoms with Crippen LogP contribution in [0.2, 0.25) is 39.3 Å². The van der Waals surface area contributed by atoms with Crippen LogP contribution in [0.25, 0.3) is 21.5 Å². The summed E-state index contributed by atoms with van der Waals surface area (Å²) in [5, 5.41) is 5.39. The number of aryl methyl sites for hydroxylation is 2. The van der Waals surface area contributed by atoms with Crippen LogP contribution in [0, 0.1) is 13.8 Å². The van der Waals surface area contributed by atoms with Crippen LogP contribution in [0.3, 0.4) is 0 Å². The van der Waals surface area contributed by atoms with Crippen molar-refractivity contribution < 1.29 is 20.8 Å². The normalized spacial score (nSPS) is 9.12. The minimum Gasteiger partial charge on any atom is 0 e. The minimum absolute atomic E-state index is 0.